The molecule has 1 aliphatic heterocycles. The number of Topliss-reactive ketones (excluding diaryl/α,β-unsaturated/α-hetero) is 1. The van der Waals surface area contributed by atoms with Crippen LogP contribution in [0.3, 0.4) is 0 Å². The largest absolute Gasteiger partial charge is 0.479 e. The van der Waals surface area contributed by atoms with Gasteiger partial charge >= 0.3 is 0 Å². The second kappa shape index (κ2) is 9.32. The van der Waals surface area contributed by atoms with Gasteiger partial charge in [0.25, 0.3) is 11.8 Å². The normalized spacial score (nSPS) is 18.9. The summed E-state index contributed by atoms with van der Waals surface area (Å²) in [4.78, 5) is 40.8. The van der Waals surface area contributed by atoms with Gasteiger partial charge in [-0.05, 0) is 62.5 Å². The minimum Gasteiger partial charge on any atom is -0.479 e. The lowest BCUT2D eigenvalue weighted by atomic mass is 9.92. The fourth-order valence-corrected chi connectivity index (χ4v) is 5.76. The second-order valence-electron chi connectivity index (χ2n) is 7.63. The summed E-state index contributed by atoms with van der Waals surface area (Å²) in [6, 6.07) is 14.5. The zero-order chi connectivity index (χ0) is 22.0. The van der Waals surface area contributed by atoms with Gasteiger partial charge in [-0.2, -0.15) is 0 Å². The van der Waals surface area contributed by atoms with E-state index in [1.165, 1.54) is 16.7 Å². The highest BCUT2D eigenvalue weighted by Crippen LogP contribution is 2.36. The first-order valence-corrected chi connectivity index (χ1v) is 11.7. The number of thiocarbonyl (C=S) groups is 1. The van der Waals surface area contributed by atoms with Crippen LogP contribution in [0.25, 0.3) is 0 Å². The zero-order valence-corrected chi connectivity index (χ0v) is 18.8. The van der Waals surface area contributed by atoms with E-state index in [2.05, 4.69) is 0 Å². The minimum atomic E-state index is -0.606. The number of nitrogens with zero attached hydrogens (tertiary/aromatic N) is 1. The van der Waals surface area contributed by atoms with E-state index < -0.39 is 5.37 Å². The summed E-state index contributed by atoms with van der Waals surface area (Å²) in [6.07, 6.45) is 2.77. The molecule has 2 aromatic rings. The summed E-state index contributed by atoms with van der Waals surface area (Å²) in [5.74, 6) is -0.926. The summed E-state index contributed by atoms with van der Waals surface area (Å²) in [5, 5.41) is -0.606. The van der Waals surface area contributed by atoms with Crippen molar-refractivity contribution >= 4 is 46.0 Å². The van der Waals surface area contributed by atoms with Crippen molar-refractivity contribution < 1.29 is 19.1 Å². The number of hydrogen-bond acceptors (Lipinski definition) is 6. The third kappa shape index (κ3) is 4.29. The molecule has 0 N–H and O–H groups in total. The molecule has 1 heterocycles. The molecule has 0 bridgehead atoms. The van der Waals surface area contributed by atoms with Crippen LogP contribution in [0.2, 0.25) is 0 Å². The predicted molar refractivity (Wildman–Crippen MR) is 124 cm³/mol. The molecule has 0 saturated heterocycles. The third-order valence-corrected chi connectivity index (χ3v) is 7.14. The van der Waals surface area contributed by atoms with Gasteiger partial charge in [-0.1, -0.05) is 48.2 Å². The number of ether oxygens (including phenoxy) is 1. The van der Waals surface area contributed by atoms with E-state index in [0.717, 1.165) is 24.0 Å². The van der Waals surface area contributed by atoms with Crippen LogP contribution in [0.4, 0.5) is 0 Å². The standard InChI is InChI=1S/C24H23NO4S2/c1-2-29-24(30)31-20(25-22(27)18-12-5-6-13-19(18)23(25)28)14-16-10-7-9-15-8-3-4-11-17(15)21(16)26/h3-6,8,11-13,16,20H,2,7,9-10,14H2,1H3. The van der Waals surface area contributed by atoms with Gasteiger partial charge in [0.1, 0.15) is 0 Å². The van der Waals surface area contributed by atoms with Crippen LogP contribution in [-0.4, -0.2) is 38.9 Å². The third-order valence-electron chi connectivity index (χ3n) is 5.75. The van der Waals surface area contributed by atoms with E-state index in [-0.39, 0.29) is 27.9 Å². The quantitative estimate of drug-likeness (QED) is 0.365. The Morgan fingerprint density at radius 3 is 2.32 bits per heavy atom. The Balaban J connectivity index is 1.63. The average Bonchev–Trinajstić information content (AvgIpc) is 2.92. The summed E-state index contributed by atoms with van der Waals surface area (Å²) in [7, 11) is 0. The molecule has 2 aromatic carbocycles. The van der Waals surface area contributed by atoms with Gasteiger partial charge in [-0.25, -0.2) is 0 Å². The molecule has 7 heteroatoms. The van der Waals surface area contributed by atoms with Crippen LogP contribution in [0.15, 0.2) is 48.5 Å². The Morgan fingerprint density at radius 1 is 1.06 bits per heavy atom. The van der Waals surface area contributed by atoms with Crippen LogP contribution in [-0.2, 0) is 11.2 Å². The Morgan fingerprint density at radius 2 is 1.68 bits per heavy atom. The van der Waals surface area contributed by atoms with Gasteiger partial charge in [-0.15, -0.1) is 0 Å². The van der Waals surface area contributed by atoms with E-state index in [1.807, 2.05) is 31.2 Å². The zero-order valence-electron chi connectivity index (χ0n) is 17.2. The van der Waals surface area contributed by atoms with Crippen LogP contribution in [0.1, 0.15) is 62.8 Å². The van der Waals surface area contributed by atoms with Gasteiger partial charge in [0.15, 0.2) is 5.78 Å². The van der Waals surface area contributed by atoms with Crippen molar-refractivity contribution in [2.75, 3.05) is 6.61 Å². The Bertz CT molecular complexity index is 1020. The van der Waals surface area contributed by atoms with Crippen LogP contribution in [0.5, 0.6) is 0 Å². The molecule has 0 saturated carbocycles. The number of ketones is 1. The molecule has 2 unspecified atom stereocenters. The highest BCUT2D eigenvalue weighted by Gasteiger charge is 2.42. The number of fused-ring (bicyclic) bond motifs is 2. The van der Waals surface area contributed by atoms with Crippen molar-refractivity contribution in [3.05, 3.63) is 70.8 Å². The van der Waals surface area contributed by atoms with Crippen LogP contribution in [0, 0.1) is 5.92 Å². The Kier molecular flexibility index (Phi) is 6.53. The van der Waals surface area contributed by atoms with E-state index in [0.29, 0.717) is 30.6 Å². The number of carbonyl (C=O) groups excluding carboxylic acids is 3. The van der Waals surface area contributed by atoms with Crippen LogP contribution >= 0.6 is 24.0 Å². The second-order valence-corrected chi connectivity index (χ2v) is 9.41. The first-order chi connectivity index (χ1) is 15.0. The van der Waals surface area contributed by atoms with Gasteiger partial charge in [0, 0.05) is 11.5 Å². The van der Waals surface area contributed by atoms with Gasteiger partial charge in [-0.3, -0.25) is 19.3 Å². The molecule has 4 rings (SSSR count). The summed E-state index contributed by atoms with van der Waals surface area (Å²) in [5.41, 5.74) is 2.57. The number of imide groups is 1. The lowest BCUT2D eigenvalue weighted by Crippen LogP contribution is -2.40. The molecule has 2 aliphatic rings. The highest BCUT2D eigenvalue weighted by molar-refractivity contribution is 8.23. The maximum Gasteiger partial charge on any atom is 0.262 e. The molecular weight excluding hydrogens is 430 g/mol. The number of thioether (sulfide) groups is 1. The van der Waals surface area contributed by atoms with Gasteiger partial charge in [0.2, 0.25) is 4.38 Å². The van der Waals surface area contributed by atoms with E-state index in [4.69, 9.17) is 17.0 Å². The molecule has 0 spiro atoms. The number of amides is 2. The number of benzene rings is 2. The lowest BCUT2D eigenvalue weighted by Gasteiger charge is -2.28. The maximum absolute atomic E-state index is 13.3. The first-order valence-electron chi connectivity index (χ1n) is 10.4. The van der Waals surface area contributed by atoms with Crippen LogP contribution < -0.4 is 0 Å². The van der Waals surface area contributed by atoms with Gasteiger partial charge in [0.05, 0.1) is 23.1 Å². The molecule has 160 valence electrons. The van der Waals surface area contributed by atoms with Crippen molar-refractivity contribution in [1.29, 1.82) is 0 Å². The summed E-state index contributed by atoms with van der Waals surface area (Å²) < 4.78 is 5.71. The number of aryl methyl sites for hydroxylation is 1. The minimum absolute atomic E-state index is 0.0673. The number of hydrogen-bond donors (Lipinski definition) is 0. The van der Waals surface area contributed by atoms with Crippen molar-refractivity contribution in [1.82, 2.24) is 4.90 Å². The average molecular weight is 454 g/mol. The van der Waals surface area contributed by atoms with Crippen molar-refractivity contribution in [3.8, 4) is 0 Å². The van der Waals surface area contributed by atoms with Crippen molar-refractivity contribution in [2.24, 2.45) is 5.92 Å². The highest BCUT2D eigenvalue weighted by atomic mass is 32.2. The SMILES string of the molecule is CCOC(=S)SC(CC1CCCc2ccccc2C1=O)N1C(=O)c2ccccc2C1=O. The lowest BCUT2D eigenvalue weighted by molar-refractivity contribution is 0.0613. The molecule has 0 fully saturated rings. The van der Waals surface area contributed by atoms with Crippen molar-refractivity contribution in [2.45, 2.75) is 38.0 Å². The molecule has 1 aliphatic carbocycles. The monoisotopic (exact) mass is 453 g/mol. The number of carbonyl (C=O) groups is 3. The predicted octanol–water partition coefficient (Wildman–Crippen LogP) is 4.89. The maximum atomic E-state index is 13.3. The molecule has 0 aromatic heterocycles. The summed E-state index contributed by atoms with van der Waals surface area (Å²) >= 11 is 6.49. The fourth-order valence-electron chi connectivity index (χ4n) is 4.28. The van der Waals surface area contributed by atoms with Crippen molar-refractivity contribution in [3.63, 3.8) is 0 Å². The molecular formula is C24H23NO4S2. The Labute approximate surface area is 191 Å². The van der Waals surface area contributed by atoms with Gasteiger partial charge < -0.3 is 4.74 Å². The molecule has 31 heavy (non-hydrogen) atoms. The molecule has 2 amide bonds. The Hall–Kier alpha value is -2.51. The summed E-state index contributed by atoms with van der Waals surface area (Å²) in [6.45, 7) is 2.23. The molecule has 5 nitrogen and oxygen atoms in total. The van der Waals surface area contributed by atoms with E-state index in [9.17, 15) is 14.4 Å². The topological polar surface area (TPSA) is 63.7 Å². The molecule has 0 radical (unpaired) electrons. The van der Waals surface area contributed by atoms with E-state index >= 15 is 0 Å². The first kappa shape index (κ1) is 21.7. The molecule has 2 atom stereocenters. The smallest absolute Gasteiger partial charge is 0.262 e. The van der Waals surface area contributed by atoms with E-state index in [1.54, 1.807) is 24.3 Å². The fraction of sp³-hybridized carbons (Fsp3) is 0.333. The number of rotatable bonds is 5.